The molecule has 1 aromatic heterocycles. The number of aryl methyl sites for hydroxylation is 1. The minimum Gasteiger partial charge on any atom is -0.493 e. The molecular formula is C32H35N5O6. The monoisotopic (exact) mass is 585 g/mol. The van der Waals surface area contributed by atoms with Gasteiger partial charge >= 0.3 is 0 Å². The summed E-state index contributed by atoms with van der Waals surface area (Å²) in [6, 6.07) is 14.3. The van der Waals surface area contributed by atoms with E-state index in [-0.39, 0.29) is 24.0 Å². The van der Waals surface area contributed by atoms with E-state index in [1.165, 1.54) is 11.0 Å². The molecule has 2 amide bonds. The quantitative estimate of drug-likeness (QED) is 0.109. The molecule has 4 aromatic rings. The lowest BCUT2D eigenvalue weighted by Gasteiger charge is -2.37. The summed E-state index contributed by atoms with van der Waals surface area (Å²) in [6.45, 7) is 6.93. The van der Waals surface area contributed by atoms with Crippen LogP contribution in [0, 0.1) is 17.0 Å². The van der Waals surface area contributed by atoms with Crippen LogP contribution in [-0.2, 0) is 16.6 Å². The fourth-order valence-electron chi connectivity index (χ4n) is 5.54. The van der Waals surface area contributed by atoms with Crippen LogP contribution in [0.5, 0.6) is 11.5 Å². The van der Waals surface area contributed by atoms with Crippen molar-refractivity contribution in [3.63, 3.8) is 0 Å². The first-order valence-electron chi connectivity index (χ1n) is 14.1. The topological polar surface area (TPSA) is 140 Å². The largest absolute Gasteiger partial charge is 0.493 e. The maximum absolute atomic E-state index is 13.8. The van der Waals surface area contributed by atoms with Gasteiger partial charge in [0.15, 0.2) is 11.5 Å². The number of imide groups is 1. The molecule has 3 aromatic carbocycles. The van der Waals surface area contributed by atoms with Crippen molar-refractivity contribution in [2.75, 3.05) is 33.9 Å². The van der Waals surface area contributed by atoms with Gasteiger partial charge in [-0.05, 0) is 76.0 Å². The zero-order chi connectivity index (χ0) is 30.9. The first-order valence-corrected chi connectivity index (χ1v) is 14.1. The van der Waals surface area contributed by atoms with E-state index in [2.05, 4.69) is 10.3 Å². The molecule has 0 bridgehead atoms. The van der Waals surface area contributed by atoms with Gasteiger partial charge in [0.25, 0.3) is 11.6 Å². The highest BCUT2D eigenvalue weighted by atomic mass is 16.6. The summed E-state index contributed by atoms with van der Waals surface area (Å²) in [5.74, 6) is 1.15. The number of nitro benzene ring substituents is 1. The van der Waals surface area contributed by atoms with E-state index in [4.69, 9.17) is 14.5 Å². The van der Waals surface area contributed by atoms with Crippen LogP contribution in [-0.4, -0.2) is 65.5 Å². The molecule has 2 heterocycles. The second-order valence-electron chi connectivity index (χ2n) is 11.2. The van der Waals surface area contributed by atoms with E-state index in [0.717, 1.165) is 18.5 Å². The van der Waals surface area contributed by atoms with Crippen molar-refractivity contribution in [1.29, 1.82) is 0 Å². The molecule has 1 aliphatic heterocycles. The fraction of sp³-hybridized carbons (Fsp3) is 0.344. The molecule has 11 heteroatoms. The van der Waals surface area contributed by atoms with Crippen molar-refractivity contribution >= 4 is 28.5 Å². The molecular weight excluding hydrogens is 550 g/mol. The summed E-state index contributed by atoms with van der Waals surface area (Å²) in [7, 11) is 3.21. The summed E-state index contributed by atoms with van der Waals surface area (Å²) < 4.78 is 10.7. The molecule has 11 nitrogen and oxygen atoms in total. The Morgan fingerprint density at radius 3 is 2.51 bits per heavy atom. The number of methoxy groups -OCH3 is 2. The Morgan fingerprint density at radius 1 is 1.02 bits per heavy atom. The van der Waals surface area contributed by atoms with Crippen molar-refractivity contribution in [3.05, 3.63) is 80.9 Å². The van der Waals surface area contributed by atoms with Gasteiger partial charge in [-0.15, -0.1) is 0 Å². The zero-order valence-electron chi connectivity index (χ0n) is 24.9. The maximum Gasteiger partial charge on any atom is 0.273 e. The zero-order valence-corrected chi connectivity index (χ0v) is 24.9. The summed E-state index contributed by atoms with van der Waals surface area (Å²) >= 11 is 0. The van der Waals surface area contributed by atoms with E-state index < -0.39 is 10.3 Å². The molecule has 0 aliphatic carbocycles. The number of rotatable bonds is 11. The van der Waals surface area contributed by atoms with Crippen LogP contribution in [0.15, 0.2) is 48.5 Å². The number of nitrogens with one attached hydrogen (secondary N) is 2. The van der Waals surface area contributed by atoms with Gasteiger partial charge in [-0.2, -0.15) is 0 Å². The lowest BCUT2D eigenvalue weighted by molar-refractivity contribution is -0.385. The van der Waals surface area contributed by atoms with Gasteiger partial charge < -0.3 is 19.8 Å². The Kier molecular flexibility index (Phi) is 8.19. The third-order valence-corrected chi connectivity index (χ3v) is 8.02. The van der Waals surface area contributed by atoms with Crippen molar-refractivity contribution < 1.29 is 24.0 Å². The van der Waals surface area contributed by atoms with E-state index in [1.807, 2.05) is 32.0 Å². The van der Waals surface area contributed by atoms with E-state index in [1.54, 1.807) is 45.4 Å². The standard InChI is InChI=1S/C32H35N5O6/c1-19-7-9-21(18-24(19)37(40)41)29-34-23-11-10-22-27(28(23)35-29)30(38)36(31(39)32(22,2)3)16-6-14-33-15-13-20-8-12-25(42-4)26(17-20)43-5/h7-12,17-18,33H,6,13-16H2,1-5H3,(H,34,35). The lowest BCUT2D eigenvalue weighted by Crippen LogP contribution is -2.52. The van der Waals surface area contributed by atoms with Crippen LogP contribution in [0.25, 0.3) is 22.4 Å². The fourth-order valence-corrected chi connectivity index (χ4v) is 5.54. The minimum atomic E-state index is -0.931. The first-order chi connectivity index (χ1) is 20.6. The van der Waals surface area contributed by atoms with Gasteiger partial charge in [-0.25, -0.2) is 4.98 Å². The molecule has 224 valence electrons. The number of fused-ring (bicyclic) bond motifs is 3. The highest BCUT2D eigenvalue weighted by molar-refractivity contribution is 6.18. The lowest BCUT2D eigenvalue weighted by atomic mass is 9.76. The van der Waals surface area contributed by atoms with Crippen LogP contribution in [0.4, 0.5) is 5.69 Å². The number of carbonyl (C=O) groups is 2. The van der Waals surface area contributed by atoms with Crippen LogP contribution in [0.3, 0.4) is 0 Å². The van der Waals surface area contributed by atoms with E-state index in [0.29, 0.717) is 63.6 Å². The average Bonchev–Trinajstić information content (AvgIpc) is 3.43. The Labute approximate surface area is 249 Å². The number of ether oxygens (including phenoxy) is 2. The maximum atomic E-state index is 13.8. The van der Waals surface area contributed by atoms with Gasteiger partial charge in [0.2, 0.25) is 5.91 Å². The molecule has 0 spiro atoms. The SMILES string of the molecule is COc1ccc(CCNCCCN2C(=O)c3c(ccc4[nH]c(-c5ccc(C)c([N+](=O)[O-])c5)nc34)C(C)(C)C2=O)cc1OC. The Balaban J connectivity index is 1.31. The summed E-state index contributed by atoms with van der Waals surface area (Å²) in [5, 5.41) is 14.9. The number of hydrogen-bond acceptors (Lipinski definition) is 8. The Morgan fingerprint density at radius 2 is 1.79 bits per heavy atom. The third-order valence-electron chi connectivity index (χ3n) is 8.02. The van der Waals surface area contributed by atoms with Crippen molar-refractivity contribution in [3.8, 4) is 22.9 Å². The number of benzene rings is 3. The van der Waals surface area contributed by atoms with Crippen molar-refractivity contribution in [2.45, 2.75) is 39.0 Å². The number of imidazole rings is 1. The Bertz CT molecular complexity index is 1730. The second-order valence-corrected chi connectivity index (χ2v) is 11.2. The molecule has 0 unspecified atom stereocenters. The van der Waals surface area contributed by atoms with E-state index in [9.17, 15) is 19.7 Å². The molecule has 0 atom stereocenters. The molecule has 0 radical (unpaired) electrons. The molecule has 43 heavy (non-hydrogen) atoms. The van der Waals surface area contributed by atoms with Gasteiger partial charge in [0, 0.05) is 23.7 Å². The number of carbonyl (C=O) groups excluding carboxylic acids is 2. The third kappa shape index (κ3) is 5.55. The highest BCUT2D eigenvalue weighted by Crippen LogP contribution is 2.38. The van der Waals surface area contributed by atoms with Crippen LogP contribution in [0.2, 0.25) is 0 Å². The first kappa shape index (κ1) is 29.7. The summed E-state index contributed by atoms with van der Waals surface area (Å²) in [4.78, 5) is 47.6. The van der Waals surface area contributed by atoms with E-state index >= 15 is 0 Å². The number of amides is 2. The molecule has 0 saturated heterocycles. The number of H-pyrrole nitrogens is 1. The molecule has 1 aliphatic rings. The van der Waals surface area contributed by atoms with Crippen molar-refractivity contribution in [1.82, 2.24) is 20.2 Å². The van der Waals surface area contributed by atoms with Gasteiger partial charge in [-0.1, -0.05) is 24.3 Å². The summed E-state index contributed by atoms with van der Waals surface area (Å²) in [6.07, 6.45) is 1.37. The average molecular weight is 586 g/mol. The minimum absolute atomic E-state index is 0.00805. The summed E-state index contributed by atoms with van der Waals surface area (Å²) in [5.41, 5.74) is 3.31. The van der Waals surface area contributed by atoms with Crippen LogP contribution in [0.1, 0.15) is 47.3 Å². The molecule has 2 N–H and O–H groups in total. The predicted octanol–water partition coefficient (Wildman–Crippen LogP) is 4.95. The number of hydrogen-bond donors (Lipinski definition) is 2. The normalized spacial score (nSPS) is 14.2. The smallest absolute Gasteiger partial charge is 0.273 e. The van der Waals surface area contributed by atoms with Gasteiger partial charge in [-0.3, -0.25) is 24.6 Å². The van der Waals surface area contributed by atoms with Crippen LogP contribution >= 0.6 is 0 Å². The Hall–Kier alpha value is -4.77. The van der Waals surface area contributed by atoms with Crippen LogP contribution < -0.4 is 14.8 Å². The van der Waals surface area contributed by atoms with Gasteiger partial charge in [0.1, 0.15) is 11.3 Å². The number of aromatic amines is 1. The number of nitrogens with zero attached hydrogens (tertiary/aromatic N) is 3. The second kappa shape index (κ2) is 11.8. The number of aromatic nitrogens is 2. The number of nitro groups is 1. The predicted molar refractivity (Wildman–Crippen MR) is 163 cm³/mol. The highest BCUT2D eigenvalue weighted by Gasteiger charge is 2.45. The molecule has 0 fully saturated rings. The molecule has 5 rings (SSSR count). The van der Waals surface area contributed by atoms with Gasteiger partial charge in [0.05, 0.1) is 35.6 Å². The molecule has 0 saturated carbocycles. The van der Waals surface area contributed by atoms with Crippen molar-refractivity contribution in [2.24, 2.45) is 0 Å².